The lowest BCUT2D eigenvalue weighted by atomic mass is 9.90. The first-order chi connectivity index (χ1) is 17.6. The Labute approximate surface area is 221 Å². The van der Waals surface area contributed by atoms with Crippen molar-refractivity contribution in [3.05, 3.63) is 42.7 Å². The zero-order valence-electron chi connectivity index (χ0n) is 23.3. The first kappa shape index (κ1) is 30.1. The van der Waals surface area contributed by atoms with E-state index in [1.54, 1.807) is 17.9 Å². The van der Waals surface area contributed by atoms with Gasteiger partial charge in [0.15, 0.2) is 5.75 Å². The predicted molar refractivity (Wildman–Crippen MR) is 148 cm³/mol. The maximum atomic E-state index is 13.1. The van der Waals surface area contributed by atoms with Gasteiger partial charge >= 0.3 is 0 Å². The molecule has 1 heterocycles. The van der Waals surface area contributed by atoms with E-state index in [2.05, 4.69) is 22.2 Å². The highest BCUT2D eigenvalue weighted by Crippen LogP contribution is 2.19. The van der Waals surface area contributed by atoms with E-state index in [1.165, 1.54) is 0 Å². The van der Waals surface area contributed by atoms with Gasteiger partial charge < -0.3 is 14.4 Å². The Hall–Kier alpha value is -3.13. The summed E-state index contributed by atoms with van der Waals surface area (Å²) in [6, 6.07) is 9.25. The van der Waals surface area contributed by atoms with Crippen LogP contribution in [0.3, 0.4) is 0 Å². The lowest BCUT2D eigenvalue weighted by Gasteiger charge is -2.20. The molecule has 8 nitrogen and oxygen atoms in total. The van der Waals surface area contributed by atoms with Gasteiger partial charge in [-0.1, -0.05) is 39.8 Å². The average molecular weight is 511 g/mol. The maximum Gasteiger partial charge on any atom is 0.158 e. The second-order valence-corrected chi connectivity index (χ2v) is 10.2. The minimum absolute atomic E-state index is 0.0232. The number of aromatic nitrogens is 2. The number of aliphatic imine (C=N–C) groups is 1. The number of carbonyl (C=O) groups excluding carboxylic acids is 2. The third-order valence-electron chi connectivity index (χ3n) is 6.32. The number of aldehydes is 1. The first-order valence-electron chi connectivity index (χ1n) is 13.0. The molecule has 3 unspecified atom stereocenters. The lowest BCUT2D eigenvalue weighted by molar-refractivity contribution is -0.119. The minimum atomic E-state index is -0.314. The van der Waals surface area contributed by atoms with Gasteiger partial charge in [0.2, 0.25) is 0 Å². The molecule has 2 aromatic rings. The fourth-order valence-corrected chi connectivity index (χ4v) is 4.44. The van der Waals surface area contributed by atoms with Gasteiger partial charge in [-0.3, -0.25) is 9.79 Å². The molecule has 202 valence electrons. The van der Waals surface area contributed by atoms with Crippen LogP contribution in [0.25, 0.3) is 5.69 Å². The van der Waals surface area contributed by atoms with Crippen molar-refractivity contribution in [1.29, 1.82) is 0 Å². The summed E-state index contributed by atoms with van der Waals surface area (Å²) < 4.78 is 7.82. The molecule has 0 amide bonds. The Bertz CT molecular complexity index is 1030. The Morgan fingerprint density at radius 2 is 1.78 bits per heavy atom. The Kier molecular flexibility index (Phi) is 12.4. The molecule has 0 aliphatic carbocycles. The Balaban J connectivity index is 2.10. The van der Waals surface area contributed by atoms with Crippen LogP contribution in [0.5, 0.6) is 5.75 Å². The fourth-order valence-electron chi connectivity index (χ4n) is 4.44. The van der Waals surface area contributed by atoms with Gasteiger partial charge in [0.25, 0.3) is 0 Å². The van der Waals surface area contributed by atoms with Crippen LogP contribution >= 0.6 is 0 Å². The first-order valence-corrected chi connectivity index (χ1v) is 13.0. The third kappa shape index (κ3) is 10.0. The molecule has 0 spiro atoms. The molecule has 0 aliphatic heterocycles. The summed E-state index contributed by atoms with van der Waals surface area (Å²) in [4.78, 5) is 34.1. The highest BCUT2D eigenvalue weighted by Gasteiger charge is 2.23. The standard InChI is InChI=1S/C29H42N4O4/c1-20(2)29(30-7)24(6)28(35)17-25(19-36-23(5)16-21(3)15-22(4)18-34)32-37-27-11-9-26(10-12-27)33-14-8-13-31-33/h8-14,18,20-24H,15-17,19H2,1-7H3/b30-29+,32-25+/t21-,22?,23?,24?/m0/s1. The Morgan fingerprint density at radius 1 is 1.08 bits per heavy atom. The molecule has 2 rings (SSSR count). The maximum absolute atomic E-state index is 13.1. The smallest absolute Gasteiger partial charge is 0.158 e. The SMILES string of the molecule is C/N=C(\C(C)C)C(C)C(=O)C/C(COC(C)C[C@@H](C)CC(C)C=O)=N\Oc1ccc(-n2cccn2)cc1. The van der Waals surface area contributed by atoms with Crippen molar-refractivity contribution in [3.63, 3.8) is 0 Å². The Morgan fingerprint density at radius 3 is 2.35 bits per heavy atom. The van der Waals surface area contributed by atoms with Gasteiger partial charge in [-0.25, -0.2) is 4.68 Å². The van der Waals surface area contributed by atoms with E-state index in [0.29, 0.717) is 17.4 Å². The summed E-state index contributed by atoms with van der Waals surface area (Å²) in [7, 11) is 1.72. The molecule has 0 saturated carbocycles. The third-order valence-corrected chi connectivity index (χ3v) is 6.32. The molecule has 4 atom stereocenters. The van der Waals surface area contributed by atoms with Crippen LogP contribution in [-0.4, -0.2) is 53.0 Å². The highest BCUT2D eigenvalue weighted by molar-refractivity contribution is 6.12. The molecular weight excluding hydrogens is 468 g/mol. The topological polar surface area (TPSA) is 95.1 Å². The van der Waals surface area contributed by atoms with Crippen molar-refractivity contribution < 1.29 is 19.2 Å². The molecule has 0 saturated heterocycles. The van der Waals surface area contributed by atoms with E-state index in [0.717, 1.165) is 30.5 Å². The van der Waals surface area contributed by atoms with Crippen LogP contribution in [0, 0.1) is 23.7 Å². The molecule has 0 fully saturated rings. The fraction of sp³-hybridized carbons (Fsp3) is 0.552. The molecule has 8 heteroatoms. The predicted octanol–water partition coefficient (Wildman–Crippen LogP) is 5.59. The number of Topliss-reactive ketones (excluding diaryl/α,β-unsaturated/α-hetero) is 1. The zero-order chi connectivity index (χ0) is 27.4. The van der Waals surface area contributed by atoms with Crippen LogP contribution in [-0.2, 0) is 14.3 Å². The van der Waals surface area contributed by atoms with E-state index in [1.807, 2.05) is 71.1 Å². The molecule has 0 radical (unpaired) electrons. The second kappa shape index (κ2) is 15.2. The van der Waals surface area contributed by atoms with Crippen LogP contribution < -0.4 is 4.84 Å². The van der Waals surface area contributed by atoms with Gasteiger partial charge in [0.1, 0.15) is 12.1 Å². The summed E-state index contributed by atoms with van der Waals surface area (Å²) in [6.45, 7) is 12.2. The molecular formula is C29H42N4O4. The summed E-state index contributed by atoms with van der Waals surface area (Å²) in [5, 5.41) is 8.54. The quantitative estimate of drug-likeness (QED) is 0.167. The number of benzene rings is 1. The zero-order valence-corrected chi connectivity index (χ0v) is 23.3. The summed E-state index contributed by atoms with van der Waals surface area (Å²) in [5.74, 6) is 0.816. The van der Waals surface area contributed by atoms with Gasteiger partial charge in [-0.05, 0) is 61.9 Å². The van der Waals surface area contributed by atoms with Crippen LogP contribution in [0.2, 0.25) is 0 Å². The van der Waals surface area contributed by atoms with E-state index in [-0.39, 0.29) is 42.7 Å². The largest absolute Gasteiger partial charge is 0.372 e. The van der Waals surface area contributed by atoms with Crippen LogP contribution in [0.1, 0.15) is 60.8 Å². The molecule has 0 aliphatic rings. The normalized spacial score (nSPS) is 15.8. The monoisotopic (exact) mass is 510 g/mol. The van der Waals surface area contributed by atoms with Gasteiger partial charge in [-0.2, -0.15) is 5.10 Å². The number of rotatable bonds is 16. The number of hydrogen-bond acceptors (Lipinski definition) is 7. The van der Waals surface area contributed by atoms with Gasteiger partial charge in [0, 0.05) is 31.1 Å². The number of hydrogen-bond donors (Lipinski definition) is 0. The summed E-state index contributed by atoms with van der Waals surface area (Å²) >= 11 is 0. The molecule has 1 aromatic carbocycles. The van der Waals surface area contributed by atoms with E-state index in [4.69, 9.17) is 9.57 Å². The number of carbonyl (C=O) groups is 2. The van der Waals surface area contributed by atoms with E-state index >= 15 is 0 Å². The van der Waals surface area contributed by atoms with E-state index < -0.39 is 0 Å². The summed E-state index contributed by atoms with van der Waals surface area (Å²) in [6.07, 6.45) is 6.27. The van der Waals surface area contributed by atoms with Crippen molar-refractivity contribution in [3.8, 4) is 11.4 Å². The lowest BCUT2D eigenvalue weighted by Crippen LogP contribution is -2.29. The molecule has 0 N–H and O–H groups in total. The number of ketones is 1. The average Bonchev–Trinajstić information content (AvgIpc) is 3.41. The number of nitrogens with zero attached hydrogens (tertiary/aromatic N) is 4. The van der Waals surface area contributed by atoms with Crippen LogP contribution in [0.15, 0.2) is 52.9 Å². The van der Waals surface area contributed by atoms with Crippen molar-refractivity contribution >= 4 is 23.5 Å². The number of ether oxygens (including phenoxy) is 1. The minimum Gasteiger partial charge on any atom is -0.372 e. The van der Waals surface area contributed by atoms with Gasteiger partial charge in [0.05, 0.1) is 36.4 Å². The second-order valence-electron chi connectivity index (χ2n) is 10.2. The van der Waals surface area contributed by atoms with Crippen molar-refractivity contribution in [2.45, 2.75) is 66.9 Å². The molecule has 1 aromatic heterocycles. The van der Waals surface area contributed by atoms with Crippen molar-refractivity contribution in [1.82, 2.24) is 9.78 Å². The van der Waals surface area contributed by atoms with E-state index in [9.17, 15) is 9.59 Å². The molecule has 0 bridgehead atoms. The molecule has 37 heavy (non-hydrogen) atoms. The highest BCUT2D eigenvalue weighted by atomic mass is 16.6. The summed E-state index contributed by atoms with van der Waals surface area (Å²) in [5.41, 5.74) is 2.29. The number of oxime groups is 1. The van der Waals surface area contributed by atoms with Crippen LogP contribution in [0.4, 0.5) is 0 Å². The van der Waals surface area contributed by atoms with Gasteiger partial charge in [-0.15, -0.1) is 0 Å². The van der Waals surface area contributed by atoms with Crippen molar-refractivity contribution in [2.24, 2.45) is 33.8 Å². The van der Waals surface area contributed by atoms with Crippen molar-refractivity contribution in [2.75, 3.05) is 13.7 Å².